The van der Waals surface area contributed by atoms with Crippen LogP contribution in [0.4, 0.5) is 20.3 Å². The Labute approximate surface area is 211 Å². The molecule has 1 aliphatic heterocycles. The third-order valence-electron chi connectivity index (χ3n) is 6.68. The predicted molar refractivity (Wildman–Crippen MR) is 134 cm³/mol. The summed E-state index contributed by atoms with van der Waals surface area (Å²) in [7, 11) is 0. The number of aromatic nitrogens is 5. The number of hydrogen-bond donors (Lipinski definition) is 1. The molecule has 0 unspecified atom stereocenters. The van der Waals surface area contributed by atoms with Crippen molar-refractivity contribution < 1.29 is 18.4 Å². The number of benzene rings is 1. The summed E-state index contributed by atoms with van der Waals surface area (Å²) >= 11 is 0. The zero-order valence-electron chi connectivity index (χ0n) is 20.6. The van der Waals surface area contributed by atoms with E-state index in [0.29, 0.717) is 41.1 Å². The molecule has 0 bridgehead atoms. The van der Waals surface area contributed by atoms with Crippen molar-refractivity contribution >= 4 is 28.8 Å². The lowest BCUT2D eigenvalue weighted by Crippen LogP contribution is -2.64. The summed E-state index contributed by atoms with van der Waals surface area (Å²) in [6, 6.07) is 9.29. The highest BCUT2D eigenvalue weighted by molar-refractivity contribution is 6.03. The lowest BCUT2D eigenvalue weighted by atomic mass is 9.96. The number of nitrogens with zero attached hydrogens (tertiary/aromatic N) is 7. The lowest BCUT2D eigenvalue weighted by Gasteiger charge is -2.45. The zero-order valence-corrected chi connectivity index (χ0v) is 20.6. The minimum atomic E-state index is -2.53. The Hall–Kier alpha value is -4.35. The van der Waals surface area contributed by atoms with E-state index in [0.717, 1.165) is 5.56 Å². The smallest absolute Gasteiger partial charge is 0.257 e. The van der Waals surface area contributed by atoms with Gasteiger partial charge in [0.15, 0.2) is 5.82 Å². The molecule has 0 atom stereocenters. The summed E-state index contributed by atoms with van der Waals surface area (Å²) in [5.41, 5.74) is 9.11. The van der Waals surface area contributed by atoms with Crippen molar-refractivity contribution in [1.82, 2.24) is 29.3 Å². The Morgan fingerprint density at radius 2 is 1.95 bits per heavy atom. The largest absolute Gasteiger partial charge is 0.382 e. The molecule has 4 aromatic rings. The molecule has 1 aliphatic rings. The van der Waals surface area contributed by atoms with Crippen LogP contribution in [-0.4, -0.2) is 66.1 Å². The first-order valence-electron chi connectivity index (χ1n) is 11.7. The van der Waals surface area contributed by atoms with Crippen LogP contribution in [0, 0.1) is 0 Å². The van der Waals surface area contributed by atoms with Gasteiger partial charge in [-0.15, -0.1) is 0 Å². The molecule has 0 spiro atoms. The number of rotatable bonds is 5. The third-order valence-corrected chi connectivity index (χ3v) is 6.68. The van der Waals surface area contributed by atoms with Crippen LogP contribution in [0.25, 0.3) is 27.9 Å². The number of hydrogen-bond acceptors (Lipinski definition) is 6. The molecule has 37 heavy (non-hydrogen) atoms. The topological polar surface area (TPSA) is 115 Å². The van der Waals surface area contributed by atoms with Gasteiger partial charge in [0.1, 0.15) is 23.9 Å². The number of nitrogen functional groups attached to an aromatic ring is 1. The van der Waals surface area contributed by atoms with Gasteiger partial charge in [-0.05, 0) is 32.0 Å². The number of amides is 2. The number of piperazine rings is 1. The number of anilines is 2. The van der Waals surface area contributed by atoms with E-state index in [-0.39, 0.29) is 17.6 Å². The SMILES string of the molecule is CC(=O)N1CCN(c2cccc(-c3cc(-c4cnn(CC(F)F)c4)c4c(N)ncnn34)c2)C(=O)C1(C)C. The Balaban J connectivity index is 1.57. The van der Waals surface area contributed by atoms with E-state index in [1.165, 1.54) is 30.3 Å². The molecule has 0 saturated carbocycles. The van der Waals surface area contributed by atoms with Gasteiger partial charge in [-0.3, -0.25) is 14.3 Å². The van der Waals surface area contributed by atoms with E-state index in [1.807, 2.05) is 30.3 Å². The maximum Gasteiger partial charge on any atom is 0.257 e. The highest BCUT2D eigenvalue weighted by Crippen LogP contribution is 2.36. The van der Waals surface area contributed by atoms with Crippen molar-refractivity contribution in [1.29, 1.82) is 0 Å². The monoisotopic (exact) mass is 508 g/mol. The van der Waals surface area contributed by atoms with Crippen LogP contribution in [0.2, 0.25) is 0 Å². The molecular formula is C25H26F2N8O2. The number of carbonyl (C=O) groups is 2. The minimum absolute atomic E-state index is 0.145. The van der Waals surface area contributed by atoms with Crippen molar-refractivity contribution in [2.45, 2.75) is 39.3 Å². The summed E-state index contributed by atoms with van der Waals surface area (Å²) in [6.45, 7) is 5.22. The van der Waals surface area contributed by atoms with Crippen LogP contribution in [0.3, 0.4) is 0 Å². The highest BCUT2D eigenvalue weighted by Gasteiger charge is 2.43. The normalized spacial score (nSPS) is 15.7. The second-order valence-electron chi connectivity index (χ2n) is 9.43. The maximum atomic E-state index is 13.4. The van der Waals surface area contributed by atoms with E-state index in [2.05, 4.69) is 15.2 Å². The third kappa shape index (κ3) is 4.17. The van der Waals surface area contributed by atoms with Crippen LogP contribution in [0.15, 0.2) is 49.1 Å². The van der Waals surface area contributed by atoms with Crippen LogP contribution in [-0.2, 0) is 16.1 Å². The first-order valence-corrected chi connectivity index (χ1v) is 11.7. The van der Waals surface area contributed by atoms with Gasteiger partial charge in [0.05, 0.1) is 11.9 Å². The van der Waals surface area contributed by atoms with Gasteiger partial charge in [0, 0.05) is 48.6 Å². The second-order valence-corrected chi connectivity index (χ2v) is 9.43. The molecule has 5 rings (SSSR count). The van der Waals surface area contributed by atoms with E-state index < -0.39 is 18.5 Å². The minimum Gasteiger partial charge on any atom is -0.382 e. The highest BCUT2D eigenvalue weighted by atomic mass is 19.3. The van der Waals surface area contributed by atoms with Gasteiger partial charge in [0.25, 0.3) is 12.3 Å². The van der Waals surface area contributed by atoms with E-state index in [1.54, 1.807) is 28.2 Å². The number of carbonyl (C=O) groups excluding carboxylic acids is 2. The second kappa shape index (κ2) is 8.95. The first kappa shape index (κ1) is 24.3. The fourth-order valence-corrected chi connectivity index (χ4v) is 4.89. The van der Waals surface area contributed by atoms with Gasteiger partial charge in [0.2, 0.25) is 5.91 Å². The molecule has 4 heterocycles. The molecule has 2 N–H and O–H groups in total. The summed E-state index contributed by atoms with van der Waals surface area (Å²) in [4.78, 5) is 32.8. The lowest BCUT2D eigenvalue weighted by molar-refractivity contribution is -0.145. The molecule has 1 saturated heterocycles. The molecule has 3 aromatic heterocycles. The molecule has 0 aliphatic carbocycles. The first-order chi connectivity index (χ1) is 17.6. The van der Waals surface area contributed by atoms with Crippen molar-refractivity contribution in [3.05, 3.63) is 49.1 Å². The maximum absolute atomic E-state index is 13.4. The van der Waals surface area contributed by atoms with E-state index >= 15 is 0 Å². The standard InChI is InChI=1S/C25H26F2N8O2/c1-15(36)34-8-7-33(24(37)25(34,2)3)18-6-4-5-16(9-18)20-10-19(22-23(28)29-14-31-35(20)22)17-11-30-32(12-17)13-21(26)27/h4-6,9-12,14,21H,7-8,13H2,1-3H3,(H2,28,29,31). The van der Waals surface area contributed by atoms with Crippen molar-refractivity contribution in [2.24, 2.45) is 0 Å². The molecule has 1 aromatic carbocycles. The van der Waals surface area contributed by atoms with E-state index in [9.17, 15) is 18.4 Å². The summed E-state index contributed by atoms with van der Waals surface area (Å²) in [5.74, 6) is -0.0933. The summed E-state index contributed by atoms with van der Waals surface area (Å²) < 4.78 is 28.5. The Morgan fingerprint density at radius 3 is 2.68 bits per heavy atom. The zero-order chi connectivity index (χ0) is 26.5. The molecule has 192 valence electrons. The van der Waals surface area contributed by atoms with Crippen LogP contribution >= 0.6 is 0 Å². The van der Waals surface area contributed by atoms with Crippen LogP contribution < -0.4 is 10.6 Å². The van der Waals surface area contributed by atoms with E-state index in [4.69, 9.17) is 5.73 Å². The van der Waals surface area contributed by atoms with Crippen molar-refractivity contribution in [3.8, 4) is 22.4 Å². The summed E-state index contributed by atoms with van der Waals surface area (Å²) in [6.07, 6.45) is 1.84. The molecule has 0 radical (unpaired) electrons. The molecule has 12 heteroatoms. The van der Waals surface area contributed by atoms with Gasteiger partial charge in [-0.2, -0.15) is 10.2 Å². The number of alkyl halides is 2. The average molecular weight is 509 g/mol. The molecule has 2 amide bonds. The molecule has 1 fully saturated rings. The van der Waals surface area contributed by atoms with Gasteiger partial charge < -0.3 is 15.5 Å². The number of fused-ring (bicyclic) bond motifs is 1. The fourth-order valence-electron chi connectivity index (χ4n) is 4.89. The summed E-state index contributed by atoms with van der Waals surface area (Å²) in [5, 5.41) is 8.42. The molecule has 10 nitrogen and oxygen atoms in total. The fraction of sp³-hybridized carbons (Fsp3) is 0.320. The number of halogens is 2. The van der Waals surface area contributed by atoms with Crippen LogP contribution in [0.5, 0.6) is 0 Å². The van der Waals surface area contributed by atoms with Gasteiger partial charge >= 0.3 is 0 Å². The Bertz CT molecular complexity index is 1510. The number of nitrogens with two attached hydrogens (primary N) is 1. The Kier molecular flexibility index (Phi) is 5.89. The van der Waals surface area contributed by atoms with Crippen LogP contribution in [0.1, 0.15) is 20.8 Å². The average Bonchev–Trinajstić information content (AvgIpc) is 3.45. The van der Waals surface area contributed by atoms with Crippen molar-refractivity contribution in [2.75, 3.05) is 23.7 Å². The Morgan fingerprint density at radius 1 is 1.16 bits per heavy atom. The molecular weight excluding hydrogens is 482 g/mol. The van der Waals surface area contributed by atoms with Gasteiger partial charge in [-0.1, -0.05) is 12.1 Å². The van der Waals surface area contributed by atoms with Crippen molar-refractivity contribution in [3.63, 3.8) is 0 Å². The van der Waals surface area contributed by atoms with Gasteiger partial charge in [-0.25, -0.2) is 18.3 Å². The quantitative estimate of drug-likeness (QED) is 0.443. The predicted octanol–water partition coefficient (Wildman–Crippen LogP) is 3.08.